The summed E-state index contributed by atoms with van der Waals surface area (Å²) in [5.41, 5.74) is 1.21. The number of rotatable bonds is 4. The van der Waals surface area contributed by atoms with E-state index in [9.17, 15) is 18.3 Å². The average Bonchev–Trinajstić information content (AvgIpc) is 2.58. The number of aromatic nitrogens is 2. The molecule has 0 aliphatic carbocycles. The molecule has 0 radical (unpaired) electrons. The van der Waals surface area contributed by atoms with Gasteiger partial charge in [-0.05, 0) is 29.3 Å². The lowest BCUT2D eigenvalue weighted by Crippen LogP contribution is -2.20. The smallest absolute Gasteiger partial charge is 0.314 e. The Balaban J connectivity index is 2.02. The van der Waals surface area contributed by atoms with E-state index in [-0.39, 0.29) is 11.3 Å². The van der Waals surface area contributed by atoms with Crippen LogP contribution in [0.25, 0.3) is 16.8 Å². The van der Waals surface area contributed by atoms with Gasteiger partial charge in [-0.25, -0.2) is 8.42 Å². The number of benzene rings is 2. The molecular formula is C17H13ClN2O4S. The Kier molecular flexibility index (Phi) is 4.87. The van der Waals surface area contributed by atoms with Crippen LogP contribution in [0.15, 0.2) is 59.5 Å². The molecule has 0 aliphatic rings. The van der Waals surface area contributed by atoms with E-state index in [1.807, 2.05) is 0 Å². The minimum absolute atomic E-state index is 0.0593. The van der Waals surface area contributed by atoms with Crippen LogP contribution in [0.1, 0.15) is 5.56 Å². The van der Waals surface area contributed by atoms with Gasteiger partial charge in [0.2, 0.25) is 0 Å². The van der Waals surface area contributed by atoms with Crippen molar-refractivity contribution in [3.63, 3.8) is 0 Å². The second-order valence-electron chi connectivity index (χ2n) is 5.29. The van der Waals surface area contributed by atoms with Crippen molar-refractivity contribution < 1.29 is 13.5 Å². The lowest BCUT2D eigenvalue weighted by atomic mass is 10.1. The molecule has 8 heteroatoms. The molecule has 6 nitrogen and oxygen atoms in total. The van der Waals surface area contributed by atoms with Gasteiger partial charge in [-0.15, -0.1) is 0 Å². The molecule has 0 saturated carbocycles. The molecule has 0 aliphatic heterocycles. The first-order valence-corrected chi connectivity index (χ1v) is 8.98. The van der Waals surface area contributed by atoms with Crippen molar-refractivity contribution in [1.29, 1.82) is 0 Å². The van der Waals surface area contributed by atoms with Gasteiger partial charge in [0.05, 0.1) is 17.6 Å². The summed E-state index contributed by atoms with van der Waals surface area (Å²) in [6.45, 7) is 0. The highest BCUT2D eigenvalue weighted by Gasteiger charge is 2.13. The summed E-state index contributed by atoms with van der Waals surface area (Å²) in [4.78, 5) is 12.4. The number of nitrogens with zero attached hydrogens (tertiary/aromatic N) is 2. The van der Waals surface area contributed by atoms with E-state index in [1.54, 1.807) is 48.5 Å². The van der Waals surface area contributed by atoms with Gasteiger partial charge in [-0.1, -0.05) is 41.9 Å². The predicted octanol–water partition coefficient (Wildman–Crippen LogP) is 2.37. The Labute approximate surface area is 149 Å². The third kappa shape index (κ3) is 3.72. The van der Waals surface area contributed by atoms with E-state index in [0.29, 0.717) is 21.8 Å². The minimum atomic E-state index is -2.51. The summed E-state index contributed by atoms with van der Waals surface area (Å²) in [5.74, 6) is -0.506. The molecule has 3 aromatic rings. The molecule has 25 heavy (non-hydrogen) atoms. The van der Waals surface area contributed by atoms with Gasteiger partial charge in [0.15, 0.2) is 5.75 Å². The fourth-order valence-electron chi connectivity index (χ4n) is 2.39. The third-order valence-corrected chi connectivity index (χ3v) is 4.44. The van der Waals surface area contributed by atoms with E-state index in [1.165, 1.54) is 6.20 Å². The van der Waals surface area contributed by atoms with Crippen LogP contribution < -0.4 is 5.56 Å². The van der Waals surface area contributed by atoms with Crippen LogP contribution in [0, 0.1) is 0 Å². The molecule has 0 bridgehead atoms. The largest absolute Gasteiger partial charge is 0.503 e. The first-order chi connectivity index (χ1) is 12.0. The molecule has 128 valence electrons. The maximum atomic E-state index is 12.4. The van der Waals surface area contributed by atoms with Crippen molar-refractivity contribution in [3.05, 3.63) is 75.7 Å². The normalized spacial score (nSPS) is 11.0. The highest BCUT2D eigenvalue weighted by Crippen LogP contribution is 2.26. The number of aromatic hydroxyl groups is 1. The van der Waals surface area contributed by atoms with E-state index >= 15 is 0 Å². The first-order valence-electron chi connectivity index (χ1n) is 7.24. The fourth-order valence-corrected chi connectivity index (χ4v) is 3.08. The van der Waals surface area contributed by atoms with Gasteiger partial charge in [0.1, 0.15) is 10.7 Å². The molecule has 1 N–H and O–H groups in total. The summed E-state index contributed by atoms with van der Waals surface area (Å²) in [5, 5.41) is 14.8. The lowest BCUT2D eigenvalue weighted by molar-refractivity contribution is 0.461. The van der Waals surface area contributed by atoms with Crippen molar-refractivity contribution in [1.82, 2.24) is 9.78 Å². The zero-order valence-electron chi connectivity index (χ0n) is 12.8. The van der Waals surface area contributed by atoms with Crippen molar-refractivity contribution in [2.75, 3.05) is 0 Å². The maximum absolute atomic E-state index is 12.4. The Bertz CT molecular complexity index is 1050. The Morgan fingerprint density at radius 3 is 2.48 bits per heavy atom. The van der Waals surface area contributed by atoms with Crippen LogP contribution in [0.5, 0.6) is 5.75 Å². The van der Waals surface area contributed by atoms with Crippen LogP contribution in [-0.2, 0) is 16.5 Å². The van der Waals surface area contributed by atoms with E-state index in [0.717, 1.165) is 4.68 Å². The molecule has 0 amide bonds. The molecule has 0 fully saturated rings. The molecule has 0 unspecified atom stereocenters. The van der Waals surface area contributed by atoms with Crippen LogP contribution in [0.3, 0.4) is 0 Å². The van der Waals surface area contributed by atoms with Crippen LogP contribution in [-0.4, -0.2) is 23.3 Å². The van der Waals surface area contributed by atoms with Gasteiger partial charge < -0.3 is 5.11 Å². The van der Waals surface area contributed by atoms with Crippen molar-refractivity contribution in [2.45, 2.75) is 5.75 Å². The summed E-state index contributed by atoms with van der Waals surface area (Å²) in [6.07, 6.45) is 1.38. The van der Waals surface area contributed by atoms with Gasteiger partial charge in [-0.3, -0.25) is 4.79 Å². The topological polar surface area (TPSA) is 89.3 Å². The second-order valence-corrected chi connectivity index (χ2v) is 6.71. The molecule has 2 aromatic carbocycles. The van der Waals surface area contributed by atoms with Gasteiger partial charge in [0.25, 0.3) is 0 Å². The molecule has 0 atom stereocenters. The predicted molar refractivity (Wildman–Crippen MR) is 96.0 cm³/mol. The fraction of sp³-hybridized carbons (Fsp3) is 0.0588. The summed E-state index contributed by atoms with van der Waals surface area (Å²) in [6, 6.07) is 13.1. The standard InChI is InChI=1S/C17H13ClN2O4S/c18-13-2-1-3-14(8-13)20-17(22)16(21)15(9-19-20)12-6-4-11(5-7-12)10-25(23)24/h1-9,21,25H,10H2. The Morgan fingerprint density at radius 2 is 1.84 bits per heavy atom. The number of hydrogen-bond donors (Lipinski definition) is 2. The molecule has 3 rings (SSSR count). The van der Waals surface area contributed by atoms with Crippen molar-refractivity contribution >= 4 is 22.3 Å². The monoisotopic (exact) mass is 376 g/mol. The summed E-state index contributed by atoms with van der Waals surface area (Å²) >= 11 is 5.92. The minimum Gasteiger partial charge on any atom is -0.503 e. The highest BCUT2D eigenvalue weighted by atomic mass is 35.5. The number of hydrogen-bond acceptors (Lipinski definition) is 5. The number of halogens is 1. The SMILES string of the molecule is O=c1c(O)c(-c2ccc(C[SH](=O)=O)cc2)cnn1-c1cccc(Cl)c1. The zero-order valence-corrected chi connectivity index (χ0v) is 14.4. The van der Waals surface area contributed by atoms with Gasteiger partial charge in [0, 0.05) is 10.6 Å². The summed E-state index contributed by atoms with van der Waals surface area (Å²) in [7, 11) is -2.51. The van der Waals surface area contributed by atoms with Crippen molar-refractivity contribution in [3.8, 4) is 22.6 Å². The number of thiol groups is 1. The van der Waals surface area contributed by atoms with Crippen molar-refractivity contribution in [2.24, 2.45) is 0 Å². The maximum Gasteiger partial charge on any atom is 0.314 e. The van der Waals surface area contributed by atoms with Crippen LogP contribution >= 0.6 is 11.6 Å². The quantitative estimate of drug-likeness (QED) is 0.682. The molecular weight excluding hydrogens is 364 g/mol. The van der Waals surface area contributed by atoms with E-state index in [2.05, 4.69) is 5.10 Å². The second kappa shape index (κ2) is 7.08. The molecule has 0 spiro atoms. The van der Waals surface area contributed by atoms with Crippen LogP contribution in [0.2, 0.25) is 5.02 Å². The Hall–Kier alpha value is -2.64. The third-order valence-electron chi connectivity index (χ3n) is 3.58. The zero-order chi connectivity index (χ0) is 18.0. The Morgan fingerprint density at radius 1 is 1.12 bits per heavy atom. The molecule has 1 heterocycles. The summed E-state index contributed by atoms with van der Waals surface area (Å²) < 4.78 is 22.6. The molecule has 0 saturated heterocycles. The molecule has 1 aromatic heterocycles. The van der Waals surface area contributed by atoms with Gasteiger partial charge >= 0.3 is 5.56 Å². The van der Waals surface area contributed by atoms with E-state index < -0.39 is 22.0 Å². The highest BCUT2D eigenvalue weighted by molar-refractivity contribution is 7.71. The first kappa shape index (κ1) is 17.2. The average molecular weight is 377 g/mol. The lowest BCUT2D eigenvalue weighted by Gasteiger charge is -2.09. The van der Waals surface area contributed by atoms with Crippen LogP contribution in [0.4, 0.5) is 0 Å². The van der Waals surface area contributed by atoms with E-state index in [4.69, 9.17) is 11.6 Å². The van der Waals surface area contributed by atoms with Gasteiger partial charge in [-0.2, -0.15) is 9.78 Å².